The van der Waals surface area contributed by atoms with E-state index in [0.29, 0.717) is 11.6 Å². The number of nitrogen functional groups attached to an aromatic ring is 1. The summed E-state index contributed by atoms with van der Waals surface area (Å²) in [5, 5.41) is 0. The highest BCUT2D eigenvalue weighted by molar-refractivity contribution is 9.11. The lowest BCUT2D eigenvalue weighted by Gasteiger charge is -2.05. The molecule has 0 fully saturated rings. The highest BCUT2D eigenvalue weighted by Gasteiger charge is 2.18. The first-order valence-corrected chi connectivity index (χ1v) is 7.27. The zero-order valence-electron chi connectivity index (χ0n) is 10.1. The maximum absolute atomic E-state index is 6.02. The number of hydrogen-bond acceptors (Lipinski definition) is 3. The van der Waals surface area contributed by atoms with Crippen LogP contribution in [-0.4, -0.2) is 4.98 Å². The number of aryl methyl sites for hydroxylation is 1. The molecule has 0 saturated heterocycles. The predicted molar refractivity (Wildman–Crippen MR) is 84.0 cm³/mol. The minimum atomic E-state index is 0.594. The molecule has 0 atom stereocenters. The minimum Gasteiger partial charge on any atom is -0.436 e. The van der Waals surface area contributed by atoms with Crippen LogP contribution in [0.5, 0.6) is 0 Å². The van der Waals surface area contributed by atoms with Crippen molar-refractivity contribution >= 4 is 48.6 Å². The van der Waals surface area contributed by atoms with Crippen LogP contribution >= 0.6 is 31.9 Å². The van der Waals surface area contributed by atoms with E-state index in [9.17, 15) is 0 Å². The molecule has 1 aromatic heterocycles. The Morgan fingerprint density at radius 3 is 2.47 bits per heavy atom. The van der Waals surface area contributed by atoms with Crippen LogP contribution in [0.15, 0.2) is 43.7 Å². The molecular formula is C14H10Br2N2O. The fraction of sp³-hybridized carbons (Fsp3) is 0.0714. The molecule has 5 heteroatoms. The molecule has 0 amide bonds. The Morgan fingerprint density at radius 1 is 1.11 bits per heavy atom. The SMILES string of the molecule is Cc1c(Br)c(N)c(Br)c2nc(-c3ccccc3)oc12. The van der Waals surface area contributed by atoms with Gasteiger partial charge in [0.25, 0.3) is 0 Å². The molecule has 2 N–H and O–H groups in total. The van der Waals surface area contributed by atoms with Gasteiger partial charge in [-0.15, -0.1) is 0 Å². The van der Waals surface area contributed by atoms with Gasteiger partial charge in [-0.25, -0.2) is 4.98 Å². The van der Waals surface area contributed by atoms with Crippen molar-refractivity contribution in [3.63, 3.8) is 0 Å². The number of nitrogens with two attached hydrogens (primary N) is 1. The number of anilines is 1. The second-order valence-corrected chi connectivity index (χ2v) is 5.82. The second-order valence-electron chi connectivity index (χ2n) is 4.23. The third kappa shape index (κ3) is 1.97. The van der Waals surface area contributed by atoms with Crippen LogP contribution in [0.3, 0.4) is 0 Å². The first kappa shape index (κ1) is 12.7. The third-order valence-electron chi connectivity index (χ3n) is 3.00. The fourth-order valence-electron chi connectivity index (χ4n) is 1.95. The van der Waals surface area contributed by atoms with Crippen LogP contribution in [0, 0.1) is 6.92 Å². The smallest absolute Gasteiger partial charge is 0.227 e. The topological polar surface area (TPSA) is 52.0 Å². The number of halogens is 2. The lowest BCUT2D eigenvalue weighted by Crippen LogP contribution is -1.92. The zero-order chi connectivity index (χ0) is 13.6. The molecule has 0 aliphatic heterocycles. The van der Waals surface area contributed by atoms with Gasteiger partial charge in [0, 0.05) is 15.6 Å². The number of hydrogen-bond donors (Lipinski definition) is 1. The average molecular weight is 382 g/mol. The van der Waals surface area contributed by atoms with E-state index in [1.807, 2.05) is 37.3 Å². The first-order valence-electron chi connectivity index (χ1n) is 5.68. The molecule has 0 bridgehead atoms. The van der Waals surface area contributed by atoms with Gasteiger partial charge >= 0.3 is 0 Å². The van der Waals surface area contributed by atoms with Crippen LogP contribution in [0.25, 0.3) is 22.6 Å². The normalized spacial score (nSPS) is 11.1. The average Bonchev–Trinajstić information content (AvgIpc) is 2.89. The quantitative estimate of drug-likeness (QED) is 0.609. The Kier molecular flexibility index (Phi) is 3.11. The summed E-state index contributed by atoms with van der Waals surface area (Å²) in [5.41, 5.74) is 10.0. The van der Waals surface area contributed by atoms with E-state index in [0.717, 1.165) is 31.2 Å². The van der Waals surface area contributed by atoms with Crippen LogP contribution in [0.4, 0.5) is 5.69 Å². The van der Waals surface area contributed by atoms with Gasteiger partial charge in [0.1, 0.15) is 5.52 Å². The number of fused-ring (bicyclic) bond motifs is 1. The molecule has 1 heterocycles. The van der Waals surface area contributed by atoms with E-state index in [2.05, 4.69) is 36.8 Å². The maximum atomic E-state index is 6.02. The summed E-state index contributed by atoms with van der Waals surface area (Å²) < 4.78 is 7.47. The van der Waals surface area contributed by atoms with Gasteiger partial charge in [-0.05, 0) is 50.9 Å². The zero-order valence-corrected chi connectivity index (χ0v) is 13.2. The molecule has 0 aliphatic rings. The number of oxazole rings is 1. The molecule has 19 heavy (non-hydrogen) atoms. The Bertz CT molecular complexity index is 721. The highest BCUT2D eigenvalue weighted by Crippen LogP contribution is 2.40. The molecule has 3 aromatic rings. The summed E-state index contributed by atoms with van der Waals surface area (Å²) in [4.78, 5) is 4.53. The van der Waals surface area contributed by atoms with Crippen molar-refractivity contribution in [2.75, 3.05) is 5.73 Å². The van der Waals surface area contributed by atoms with Gasteiger partial charge in [-0.1, -0.05) is 18.2 Å². The summed E-state index contributed by atoms with van der Waals surface area (Å²) in [6.45, 7) is 1.95. The molecule has 96 valence electrons. The molecule has 2 aromatic carbocycles. The van der Waals surface area contributed by atoms with Gasteiger partial charge in [0.05, 0.1) is 10.2 Å². The molecule has 0 spiro atoms. The van der Waals surface area contributed by atoms with E-state index in [1.54, 1.807) is 0 Å². The van der Waals surface area contributed by atoms with Gasteiger partial charge in [-0.2, -0.15) is 0 Å². The number of rotatable bonds is 1. The van der Waals surface area contributed by atoms with Crippen LogP contribution < -0.4 is 5.73 Å². The van der Waals surface area contributed by atoms with Crippen molar-refractivity contribution in [2.45, 2.75) is 6.92 Å². The Balaban J connectivity index is 2.33. The number of nitrogens with zero attached hydrogens (tertiary/aromatic N) is 1. The third-order valence-corrected chi connectivity index (χ3v) is 4.82. The van der Waals surface area contributed by atoms with E-state index in [4.69, 9.17) is 10.2 Å². The van der Waals surface area contributed by atoms with E-state index >= 15 is 0 Å². The van der Waals surface area contributed by atoms with Crippen LogP contribution in [-0.2, 0) is 0 Å². The second kappa shape index (κ2) is 4.65. The van der Waals surface area contributed by atoms with Crippen LogP contribution in [0.1, 0.15) is 5.56 Å². The Hall–Kier alpha value is -1.33. The lowest BCUT2D eigenvalue weighted by molar-refractivity contribution is 0.617. The summed E-state index contributed by atoms with van der Waals surface area (Å²) >= 11 is 6.95. The van der Waals surface area contributed by atoms with Crippen molar-refractivity contribution in [3.8, 4) is 11.5 Å². The molecule has 0 radical (unpaired) electrons. The molecule has 3 nitrogen and oxygen atoms in total. The van der Waals surface area contributed by atoms with Crippen molar-refractivity contribution in [3.05, 3.63) is 44.8 Å². The molecule has 0 aliphatic carbocycles. The van der Waals surface area contributed by atoms with Crippen LogP contribution in [0.2, 0.25) is 0 Å². The number of aromatic nitrogens is 1. The Morgan fingerprint density at radius 2 is 1.79 bits per heavy atom. The van der Waals surface area contributed by atoms with Gasteiger partial charge < -0.3 is 10.2 Å². The van der Waals surface area contributed by atoms with E-state index < -0.39 is 0 Å². The molecular weight excluding hydrogens is 372 g/mol. The monoisotopic (exact) mass is 380 g/mol. The summed E-state index contributed by atoms with van der Waals surface area (Å²) in [6.07, 6.45) is 0. The van der Waals surface area contributed by atoms with Crippen molar-refractivity contribution in [2.24, 2.45) is 0 Å². The first-order chi connectivity index (χ1) is 9.09. The summed E-state index contributed by atoms with van der Waals surface area (Å²) in [5.74, 6) is 0.594. The summed E-state index contributed by atoms with van der Waals surface area (Å²) in [7, 11) is 0. The van der Waals surface area contributed by atoms with Gasteiger partial charge in [0.2, 0.25) is 5.89 Å². The highest BCUT2D eigenvalue weighted by atomic mass is 79.9. The van der Waals surface area contributed by atoms with Gasteiger partial charge in [0.15, 0.2) is 5.58 Å². The molecule has 0 saturated carbocycles. The van der Waals surface area contributed by atoms with Crippen molar-refractivity contribution in [1.82, 2.24) is 4.98 Å². The summed E-state index contributed by atoms with van der Waals surface area (Å²) in [6, 6.07) is 9.80. The Labute approximate surface area is 127 Å². The van der Waals surface area contributed by atoms with E-state index in [-0.39, 0.29) is 0 Å². The maximum Gasteiger partial charge on any atom is 0.227 e. The number of benzene rings is 2. The lowest BCUT2D eigenvalue weighted by atomic mass is 10.2. The molecule has 0 unspecified atom stereocenters. The molecule has 3 rings (SSSR count). The van der Waals surface area contributed by atoms with Crippen molar-refractivity contribution < 1.29 is 4.42 Å². The predicted octanol–water partition coefficient (Wildman–Crippen LogP) is 4.91. The van der Waals surface area contributed by atoms with E-state index in [1.165, 1.54) is 0 Å². The largest absolute Gasteiger partial charge is 0.436 e. The fourth-order valence-corrected chi connectivity index (χ4v) is 3.06. The minimum absolute atomic E-state index is 0.594. The van der Waals surface area contributed by atoms with Gasteiger partial charge in [-0.3, -0.25) is 0 Å². The van der Waals surface area contributed by atoms with Crippen molar-refractivity contribution in [1.29, 1.82) is 0 Å². The standard InChI is InChI=1S/C14H10Br2N2O/c1-7-9(15)11(17)10(16)12-13(7)19-14(18-12)8-5-3-2-4-6-8/h2-6H,17H2,1H3.